The van der Waals surface area contributed by atoms with E-state index in [-0.39, 0.29) is 6.61 Å². The number of aliphatic hydroxyl groups excluding tert-OH is 1. The van der Waals surface area contributed by atoms with Crippen molar-refractivity contribution in [3.05, 3.63) is 60.2 Å². The third-order valence-corrected chi connectivity index (χ3v) is 4.78. The second-order valence-corrected chi connectivity index (χ2v) is 6.90. The Hall–Kier alpha value is -2.59. The third-order valence-electron chi connectivity index (χ3n) is 4.78. The lowest BCUT2D eigenvalue weighted by Crippen LogP contribution is -2.50. The molecule has 28 heavy (non-hydrogen) atoms. The molecule has 0 bridgehead atoms. The number of para-hydroxylation sites is 1. The Labute approximate surface area is 166 Å². The zero-order valence-corrected chi connectivity index (χ0v) is 16.0. The third kappa shape index (κ3) is 6.54. The minimum Gasteiger partial charge on any atom is -0.492 e. The zero-order valence-electron chi connectivity index (χ0n) is 16.0. The average molecular weight is 381 g/mol. The topological polar surface area (TPSA) is 69.0 Å². The highest BCUT2D eigenvalue weighted by atomic mass is 16.5. The Balaban J connectivity index is 1.29. The molecule has 1 saturated heterocycles. The zero-order chi connectivity index (χ0) is 19.6. The van der Waals surface area contributed by atoms with Crippen molar-refractivity contribution in [1.29, 1.82) is 5.26 Å². The Bertz CT molecular complexity index is 738. The van der Waals surface area contributed by atoms with Crippen LogP contribution in [0, 0.1) is 11.3 Å². The first kappa shape index (κ1) is 20.2. The summed E-state index contributed by atoms with van der Waals surface area (Å²) in [6.45, 7) is 6.25. The van der Waals surface area contributed by atoms with Gasteiger partial charge < -0.3 is 14.6 Å². The minimum atomic E-state index is -0.538. The summed E-state index contributed by atoms with van der Waals surface area (Å²) in [5.74, 6) is 1.58. The fourth-order valence-electron chi connectivity index (χ4n) is 3.17. The highest BCUT2D eigenvalue weighted by molar-refractivity contribution is 5.34. The van der Waals surface area contributed by atoms with Gasteiger partial charge in [0, 0.05) is 39.3 Å². The summed E-state index contributed by atoms with van der Waals surface area (Å²) in [6, 6.07) is 18.9. The second kappa shape index (κ2) is 10.7. The number of rotatable bonds is 9. The number of β-amino-alcohol motifs (C(OH)–C–C–N with tert-alkyl or cyclic N) is 1. The van der Waals surface area contributed by atoms with Crippen LogP contribution in [0.15, 0.2) is 54.6 Å². The van der Waals surface area contributed by atoms with Crippen molar-refractivity contribution in [3.63, 3.8) is 0 Å². The molecule has 0 amide bonds. The number of benzene rings is 2. The van der Waals surface area contributed by atoms with Crippen LogP contribution >= 0.6 is 0 Å². The van der Waals surface area contributed by atoms with Crippen molar-refractivity contribution in [2.75, 3.05) is 52.5 Å². The maximum Gasteiger partial charge on any atom is 0.119 e. The molecule has 0 radical (unpaired) electrons. The molecular formula is C22H27N3O3. The Morgan fingerprint density at radius 2 is 1.54 bits per heavy atom. The van der Waals surface area contributed by atoms with Crippen LogP contribution in [0.5, 0.6) is 11.5 Å². The summed E-state index contributed by atoms with van der Waals surface area (Å²) < 4.78 is 11.4. The van der Waals surface area contributed by atoms with Crippen LogP contribution in [0.4, 0.5) is 0 Å². The quantitative estimate of drug-likeness (QED) is 0.717. The molecule has 1 N–H and O–H groups in total. The van der Waals surface area contributed by atoms with Gasteiger partial charge in [0.15, 0.2) is 0 Å². The van der Waals surface area contributed by atoms with E-state index in [1.807, 2.05) is 30.3 Å². The molecule has 6 heteroatoms. The van der Waals surface area contributed by atoms with Gasteiger partial charge in [-0.1, -0.05) is 18.2 Å². The van der Waals surface area contributed by atoms with Crippen LogP contribution in [0.1, 0.15) is 5.56 Å². The van der Waals surface area contributed by atoms with Gasteiger partial charge in [-0.05, 0) is 36.4 Å². The molecule has 1 aliphatic rings. The van der Waals surface area contributed by atoms with Gasteiger partial charge in [-0.2, -0.15) is 5.26 Å². The molecule has 0 saturated carbocycles. The highest BCUT2D eigenvalue weighted by Crippen LogP contribution is 2.12. The molecule has 1 heterocycles. The summed E-state index contributed by atoms with van der Waals surface area (Å²) >= 11 is 0. The number of piperazine rings is 1. The van der Waals surface area contributed by atoms with E-state index in [4.69, 9.17) is 14.7 Å². The Morgan fingerprint density at radius 1 is 0.893 bits per heavy atom. The van der Waals surface area contributed by atoms with Gasteiger partial charge in [0.25, 0.3) is 0 Å². The summed E-state index contributed by atoms with van der Waals surface area (Å²) in [7, 11) is 0. The molecule has 3 rings (SSSR count). The molecule has 6 nitrogen and oxygen atoms in total. The predicted octanol–water partition coefficient (Wildman–Crippen LogP) is 1.99. The molecular weight excluding hydrogens is 354 g/mol. The normalized spacial score (nSPS) is 16.3. The first-order valence-corrected chi connectivity index (χ1v) is 9.66. The number of nitriles is 1. The van der Waals surface area contributed by atoms with E-state index in [1.165, 1.54) is 0 Å². The van der Waals surface area contributed by atoms with E-state index in [1.54, 1.807) is 24.3 Å². The fraction of sp³-hybridized carbons (Fsp3) is 0.409. The monoisotopic (exact) mass is 381 g/mol. The molecule has 0 spiro atoms. The summed E-state index contributed by atoms with van der Waals surface area (Å²) in [5.41, 5.74) is 0.597. The largest absolute Gasteiger partial charge is 0.492 e. The van der Waals surface area contributed by atoms with E-state index >= 15 is 0 Å². The van der Waals surface area contributed by atoms with Crippen LogP contribution in [-0.4, -0.2) is 73.5 Å². The SMILES string of the molecule is N#Cc1ccc(OC[C@@H](O)CN2CCN(CCOc3ccccc3)CC2)cc1. The molecule has 0 aliphatic carbocycles. The summed E-state index contributed by atoms with van der Waals surface area (Å²) in [5, 5.41) is 19.0. The summed E-state index contributed by atoms with van der Waals surface area (Å²) in [6.07, 6.45) is -0.538. The Kier molecular flexibility index (Phi) is 7.68. The standard InChI is InChI=1S/C22H27N3O3/c23-16-19-6-8-22(9-7-19)28-18-20(26)17-25-12-10-24(11-13-25)14-15-27-21-4-2-1-3-5-21/h1-9,20,26H,10-15,17-18H2/t20-/m0/s1. The van der Waals surface area contributed by atoms with Crippen molar-refractivity contribution in [3.8, 4) is 17.6 Å². The van der Waals surface area contributed by atoms with Gasteiger partial charge in [0.2, 0.25) is 0 Å². The molecule has 0 unspecified atom stereocenters. The van der Waals surface area contributed by atoms with E-state index in [0.29, 0.717) is 24.5 Å². The lowest BCUT2D eigenvalue weighted by molar-refractivity contribution is 0.0436. The second-order valence-electron chi connectivity index (χ2n) is 6.90. The number of hydrogen-bond donors (Lipinski definition) is 1. The maximum atomic E-state index is 10.2. The maximum absolute atomic E-state index is 10.2. The first-order chi connectivity index (χ1) is 13.7. The number of aliphatic hydroxyl groups is 1. The summed E-state index contributed by atoms with van der Waals surface area (Å²) in [4.78, 5) is 4.65. The van der Waals surface area contributed by atoms with Gasteiger partial charge in [0.1, 0.15) is 30.8 Å². The lowest BCUT2D eigenvalue weighted by Gasteiger charge is -2.35. The van der Waals surface area contributed by atoms with Gasteiger partial charge in [0.05, 0.1) is 11.6 Å². The highest BCUT2D eigenvalue weighted by Gasteiger charge is 2.19. The van der Waals surface area contributed by atoms with Gasteiger partial charge in [-0.3, -0.25) is 9.80 Å². The molecule has 1 aliphatic heterocycles. The Morgan fingerprint density at radius 3 is 2.21 bits per heavy atom. The molecule has 2 aromatic carbocycles. The number of hydrogen-bond acceptors (Lipinski definition) is 6. The lowest BCUT2D eigenvalue weighted by atomic mass is 10.2. The van der Waals surface area contributed by atoms with E-state index < -0.39 is 6.10 Å². The molecule has 148 valence electrons. The smallest absolute Gasteiger partial charge is 0.119 e. The average Bonchev–Trinajstić information content (AvgIpc) is 2.75. The molecule has 1 atom stereocenters. The molecule has 0 aromatic heterocycles. The van der Waals surface area contributed by atoms with E-state index in [0.717, 1.165) is 38.5 Å². The van der Waals surface area contributed by atoms with E-state index in [2.05, 4.69) is 15.9 Å². The predicted molar refractivity (Wildman–Crippen MR) is 107 cm³/mol. The van der Waals surface area contributed by atoms with Crippen molar-refractivity contribution >= 4 is 0 Å². The van der Waals surface area contributed by atoms with Crippen molar-refractivity contribution in [1.82, 2.24) is 9.80 Å². The van der Waals surface area contributed by atoms with Crippen molar-refractivity contribution in [2.45, 2.75) is 6.10 Å². The fourth-order valence-corrected chi connectivity index (χ4v) is 3.17. The van der Waals surface area contributed by atoms with Crippen LogP contribution in [0.25, 0.3) is 0 Å². The van der Waals surface area contributed by atoms with Crippen molar-refractivity contribution < 1.29 is 14.6 Å². The van der Waals surface area contributed by atoms with Gasteiger partial charge in [-0.25, -0.2) is 0 Å². The van der Waals surface area contributed by atoms with Crippen LogP contribution in [0.2, 0.25) is 0 Å². The van der Waals surface area contributed by atoms with Crippen LogP contribution in [0.3, 0.4) is 0 Å². The van der Waals surface area contributed by atoms with E-state index in [9.17, 15) is 5.11 Å². The van der Waals surface area contributed by atoms with Crippen LogP contribution < -0.4 is 9.47 Å². The van der Waals surface area contributed by atoms with Gasteiger partial charge in [-0.15, -0.1) is 0 Å². The van der Waals surface area contributed by atoms with Gasteiger partial charge >= 0.3 is 0 Å². The first-order valence-electron chi connectivity index (χ1n) is 9.66. The number of ether oxygens (including phenoxy) is 2. The van der Waals surface area contributed by atoms with Crippen LogP contribution in [-0.2, 0) is 0 Å². The molecule has 1 fully saturated rings. The molecule has 2 aromatic rings. The van der Waals surface area contributed by atoms with Crippen molar-refractivity contribution in [2.24, 2.45) is 0 Å². The minimum absolute atomic E-state index is 0.247. The number of nitrogens with zero attached hydrogens (tertiary/aromatic N) is 3.